The minimum atomic E-state index is -5.11. The zero-order chi connectivity index (χ0) is 42.9. The van der Waals surface area contributed by atoms with E-state index in [1.807, 2.05) is 66.0 Å². The van der Waals surface area contributed by atoms with Crippen molar-refractivity contribution >= 4 is 48.0 Å². The van der Waals surface area contributed by atoms with E-state index in [9.17, 15) is 32.3 Å². The van der Waals surface area contributed by atoms with Gasteiger partial charge in [0.2, 0.25) is 0 Å². The van der Waals surface area contributed by atoms with Crippen LogP contribution in [0.5, 0.6) is 0 Å². The molecule has 16 heteroatoms. The first kappa shape index (κ1) is 42.2. The van der Waals surface area contributed by atoms with Crippen molar-refractivity contribution in [3.63, 3.8) is 0 Å². The van der Waals surface area contributed by atoms with E-state index in [-0.39, 0.29) is 24.5 Å². The second kappa shape index (κ2) is 16.6. The third kappa shape index (κ3) is 8.28. The maximum Gasteiger partial charge on any atom is 0.471 e. The average Bonchev–Trinajstić information content (AvgIpc) is 3.72. The van der Waals surface area contributed by atoms with Crippen molar-refractivity contribution in [1.82, 2.24) is 9.55 Å². The van der Waals surface area contributed by atoms with Crippen LogP contribution in [0.1, 0.15) is 56.3 Å². The molecule has 0 spiro atoms. The summed E-state index contributed by atoms with van der Waals surface area (Å²) in [5, 5.41) is 6.05. The van der Waals surface area contributed by atoms with Crippen LogP contribution < -0.4 is 26.7 Å². The van der Waals surface area contributed by atoms with Gasteiger partial charge in [0.05, 0.1) is 6.61 Å². The normalized spacial score (nSPS) is 21.5. The predicted octanol–water partition coefficient (Wildman–Crippen LogP) is 6.09. The molecule has 2 amide bonds. The lowest BCUT2D eigenvalue weighted by Crippen LogP contribution is -2.67. The van der Waals surface area contributed by atoms with Crippen LogP contribution in [0, 0.1) is 0 Å². The number of esters is 1. The standard InChI is InChI=1S/C44H43F3N4O8Si/c1-28(52)57-37-34(27-56-60(42(2,3)4,32-16-10-6-11-17-32)33-18-12-7-13-19-33)59-43(30-20-22-31(23-21-30)48-40(54)44(45,46)47)26-36(58-38(37)43)51-25-24-35(50-41(51)55)49-39(53)29-14-8-5-9-15-29/h5-25,34,36-38H,26-27H2,1-4H3,(H,48,54)(H,49,50,53,55)/t34-,36-,37-,38?,43+/m1/s1. The number of aromatic nitrogens is 2. The van der Waals surface area contributed by atoms with Crippen LogP contribution in [-0.2, 0) is 33.8 Å². The van der Waals surface area contributed by atoms with Gasteiger partial charge in [-0.25, -0.2) is 4.79 Å². The number of alkyl halides is 3. The van der Waals surface area contributed by atoms with Crippen LogP contribution in [0.4, 0.5) is 24.7 Å². The highest BCUT2D eigenvalue weighted by Gasteiger charge is 2.64. The molecule has 2 aliphatic rings. The molecule has 2 fully saturated rings. The van der Waals surface area contributed by atoms with Gasteiger partial charge in [-0.1, -0.05) is 112 Å². The third-order valence-electron chi connectivity index (χ3n) is 10.8. The van der Waals surface area contributed by atoms with E-state index in [2.05, 4.69) is 31.1 Å². The molecule has 4 aromatic carbocycles. The molecule has 2 saturated heterocycles. The molecule has 312 valence electrons. The Balaban J connectivity index is 1.26. The zero-order valence-electron chi connectivity index (χ0n) is 33.1. The summed E-state index contributed by atoms with van der Waals surface area (Å²) < 4.78 is 67.4. The van der Waals surface area contributed by atoms with E-state index >= 15 is 0 Å². The smallest absolute Gasteiger partial charge is 0.457 e. The Bertz CT molecular complexity index is 2360. The summed E-state index contributed by atoms with van der Waals surface area (Å²) in [6, 6.07) is 35.3. The molecule has 12 nitrogen and oxygen atoms in total. The van der Waals surface area contributed by atoms with Gasteiger partial charge in [-0.05, 0) is 51.3 Å². The maximum absolute atomic E-state index is 13.6. The maximum atomic E-state index is 13.6. The molecule has 0 bridgehead atoms. The molecule has 7 rings (SSSR count). The number of carbonyl (C=O) groups is 3. The number of ether oxygens (including phenoxy) is 3. The Morgan fingerprint density at radius 1 is 0.850 bits per heavy atom. The van der Waals surface area contributed by atoms with E-state index < -0.39 is 73.1 Å². The summed E-state index contributed by atoms with van der Waals surface area (Å²) in [5.74, 6) is -3.24. The fourth-order valence-corrected chi connectivity index (χ4v) is 12.7. The van der Waals surface area contributed by atoms with Crippen LogP contribution in [0.3, 0.4) is 0 Å². The summed E-state index contributed by atoms with van der Waals surface area (Å²) in [5.41, 5.74) is -1.57. The Labute approximate surface area is 344 Å². The highest BCUT2D eigenvalue weighted by atomic mass is 28.4. The lowest BCUT2D eigenvalue weighted by Gasteiger charge is -2.43. The van der Waals surface area contributed by atoms with Crippen LogP contribution >= 0.6 is 0 Å². The third-order valence-corrected chi connectivity index (χ3v) is 15.8. The number of hydrogen-bond acceptors (Lipinski definition) is 9. The number of rotatable bonds is 11. The van der Waals surface area contributed by atoms with Crippen molar-refractivity contribution in [3.8, 4) is 0 Å². The molecule has 0 aliphatic carbocycles. The van der Waals surface area contributed by atoms with Crippen LogP contribution in [0.25, 0.3) is 0 Å². The molecule has 2 aliphatic heterocycles. The van der Waals surface area contributed by atoms with Crippen molar-refractivity contribution in [2.45, 2.75) is 75.5 Å². The quantitative estimate of drug-likeness (QED) is 0.119. The lowest BCUT2D eigenvalue weighted by molar-refractivity contribution is -0.167. The number of nitrogens with zero attached hydrogens (tertiary/aromatic N) is 2. The first-order chi connectivity index (χ1) is 28.5. The minimum absolute atomic E-state index is 0.00378. The van der Waals surface area contributed by atoms with E-state index in [1.165, 1.54) is 48.0 Å². The average molecular weight is 841 g/mol. The summed E-state index contributed by atoms with van der Waals surface area (Å²) in [6.45, 7) is 7.54. The van der Waals surface area contributed by atoms with Gasteiger partial charge in [-0.2, -0.15) is 18.2 Å². The van der Waals surface area contributed by atoms with Gasteiger partial charge in [0.1, 0.15) is 29.9 Å². The van der Waals surface area contributed by atoms with Crippen LogP contribution in [-0.4, -0.2) is 66.7 Å². The van der Waals surface area contributed by atoms with Crippen molar-refractivity contribution in [3.05, 3.63) is 149 Å². The van der Waals surface area contributed by atoms with Gasteiger partial charge in [0.25, 0.3) is 14.2 Å². The molecule has 2 N–H and O–H groups in total. The van der Waals surface area contributed by atoms with E-state index in [0.29, 0.717) is 11.1 Å². The highest BCUT2D eigenvalue weighted by molar-refractivity contribution is 6.99. The number of hydrogen-bond donors (Lipinski definition) is 2. The van der Waals surface area contributed by atoms with E-state index in [1.54, 1.807) is 30.3 Å². The van der Waals surface area contributed by atoms with Crippen molar-refractivity contribution in [2.75, 3.05) is 17.2 Å². The largest absolute Gasteiger partial charge is 0.471 e. The molecule has 0 saturated carbocycles. The molecule has 5 aromatic rings. The van der Waals surface area contributed by atoms with Gasteiger partial charge < -0.3 is 29.3 Å². The Hall–Kier alpha value is -5.94. The van der Waals surface area contributed by atoms with Crippen molar-refractivity contribution in [1.29, 1.82) is 0 Å². The highest BCUT2D eigenvalue weighted by Crippen LogP contribution is 2.54. The molecule has 60 heavy (non-hydrogen) atoms. The molecule has 1 aromatic heterocycles. The summed E-state index contributed by atoms with van der Waals surface area (Å²) in [7, 11) is -3.15. The Morgan fingerprint density at radius 2 is 1.43 bits per heavy atom. The summed E-state index contributed by atoms with van der Waals surface area (Å²) in [6.07, 6.45) is -7.89. The number of benzene rings is 4. The zero-order valence-corrected chi connectivity index (χ0v) is 34.1. The molecular formula is C44H43F3N4O8Si. The van der Waals surface area contributed by atoms with Crippen LogP contribution in [0.15, 0.2) is 132 Å². The van der Waals surface area contributed by atoms with Crippen LogP contribution in [0.2, 0.25) is 5.04 Å². The Kier molecular flexibility index (Phi) is 11.7. The predicted molar refractivity (Wildman–Crippen MR) is 218 cm³/mol. The molecule has 5 atom stereocenters. The fraction of sp³-hybridized carbons (Fsp3) is 0.295. The topological polar surface area (TPSA) is 147 Å². The second-order valence-electron chi connectivity index (χ2n) is 15.7. The van der Waals surface area contributed by atoms with E-state index in [4.69, 9.17) is 18.6 Å². The monoisotopic (exact) mass is 840 g/mol. The van der Waals surface area contributed by atoms with Gasteiger partial charge in [0, 0.05) is 30.8 Å². The van der Waals surface area contributed by atoms with Crippen molar-refractivity contribution < 1.29 is 46.2 Å². The fourth-order valence-electron chi connectivity index (χ4n) is 8.15. The minimum Gasteiger partial charge on any atom is -0.457 e. The molecular weight excluding hydrogens is 798 g/mol. The molecule has 0 radical (unpaired) electrons. The van der Waals surface area contributed by atoms with Gasteiger partial charge in [-0.3, -0.25) is 19.0 Å². The van der Waals surface area contributed by atoms with Gasteiger partial charge in [-0.15, -0.1) is 0 Å². The number of nitrogens with one attached hydrogen (secondary N) is 2. The number of halogens is 3. The number of anilines is 2. The van der Waals surface area contributed by atoms with E-state index in [0.717, 1.165) is 10.4 Å². The second-order valence-corrected chi connectivity index (χ2v) is 20.0. The number of amides is 2. The summed E-state index contributed by atoms with van der Waals surface area (Å²) >= 11 is 0. The molecule has 3 heterocycles. The first-order valence-electron chi connectivity index (χ1n) is 19.2. The van der Waals surface area contributed by atoms with Gasteiger partial charge in [0.15, 0.2) is 6.10 Å². The summed E-state index contributed by atoms with van der Waals surface area (Å²) in [4.78, 5) is 55.0. The van der Waals surface area contributed by atoms with Crippen molar-refractivity contribution in [2.24, 2.45) is 0 Å². The Morgan fingerprint density at radius 3 is 1.97 bits per heavy atom. The van der Waals surface area contributed by atoms with Gasteiger partial charge >= 0.3 is 23.7 Å². The molecule has 1 unspecified atom stereocenters. The SMILES string of the molecule is CC(=O)O[C@H]1C2O[C@@H](n3ccc(NC(=O)c4ccccc4)nc3=O)C[C@@]2(c2ccc(NC(=O)C(F)(F)F)cc2)O[C@@H]1CO[Si](c1ccccc1)(c1ccccc1)C(C)(C)C. The number of carbonyl (C=O) groups excluding carboxylic acids is 3. The first-order valence-corrected chi connectivity index (χ1v) is 21.1. The lowest BCUT2D eigenvalue weighted by atomic mass is 9.85. The number of fused-ring (bicyclic) bond motifs is 1.